The summed E-state index contributed by atoms with van der Waals surface area (Å²) in [5.74, 6) is -1.40. The standard InChI is InChI=1S/C65H84N8O17/c1-9-13-44-31-47-37-67-50-35-55(53(82-7)33-48(50)62(78)71(47)38-44)88-21-12-22-89-56-36-51-49(34-54(56)83-8)63(79)72-39-45(14-10-2)32-52(72)64(80)73(51)65(81)90-40-43-15-17-46(18-16-43)69-60(76)42(6)68-61(77)59(41(4)5)70-58(75)19-23-84-25-27-86-29-30-87-28-26-85-24-20-66-57(74)11-3/h9-10,13-18,33-39,41-42,47,52,59,64,80H,11-12,19-32,40H2,1-8H3,(H,66,74)(H,68,77)(H,69,76)(H,70,75)/b13-9+,14-10+/t42?,47?,52?,59-,64?/m0/s1. The summed E-state index contributed by atoms with van der Waals surface area (Å²) in [5, 5.41) is 23.0. The Labute approximate surface area is 524 Å². The molecule has 7 rings (SSSR count). The van der Waals surface area contributed by atoms with Crippen LogP contribution in [0.15, 0.2) is 101 Å². The fourth-order valence-electron chi connectivity index (χ4n) is 10.1. The lowest BCUT2D eigenvalue weighted by Gasteiger charge is -2.31. The van der Waals surface area contributed by atoms with Crippen LogP contribution in [-0.4, -0.2) is 180 Å². The van der Waals surface area contributed by atoms with Crippen LogP contribution in [0.1, 0.15) is 99.9 Å². The van der Waals surface area contributed by atoms with E-state index in [1.54, 1.807) is 74.5 Å². The number of fused-ring (bicyclic) bond motifs is 4. The number of aliphatic imine (C=N–C) groups is 1. The Morgan fingerprint density at radius 1 is 0.689 bits per heavy atom. The van der Waals surface area contributed by atoms with Crippen molar-refractivity contribution in [2.24, 2.45) is 10.9 Å². The number of carbonyl (C=O) groups is 7. The highest BCUT2D eigenvalue weighted by molar-refractivity contribution is 6.07. The molecule has 5 N–H and O–H groups in total. The second-order valence-corrected chi connectivity index (χ2v) is 21.7. The lowest BCUT2D eigenvalue weighted by Crippen LogP contribution is -2.53. The van der Waals surface area contributed by atoms with Crippen molar-refractivity contribution in [1.29, 1.82) is 0 Å². The van der Waals surface area contributed by atoms with E-state index in [1.165, 1.54) is 38.2 Å². The van der Waals surface area contributed by atoms with Gasteiger partial charge in [0, 0.05) is 62.2 Å². The molecule has 4 aliphatic heterocycles. The first-order valence-corrected chi connectivity index (χ1v) is 30.3. The minimum atomic E-state index is -1.57. The molecule has 0 spiro atoms. The van der Waals surface area contributed by atoms with Crippen LogP contribution in [0.5, 0.6) is 23.0 Å². The normalized spacial score (nSPS) is 17.4. The fourth-order valence-corrected chi connectivity index (χ4v) is 10.1. The number of nitrogens with zero attached hydrogens (tertiary/aromatic N) is 4. The molecular formula is C65H84N8O17. The van der Waals surface area contributed by atoms with Gasteiger partial charge in [-0.25, -0.2) is 9.69 Å². The topological polar surface area (TPSA) is 293 Å². The van der Waals surface area contributed by atoms with E-state index in [2.05, 4.69) is 26.3 Å². The van der Waals surface area contributed by atoms with Crippen molar-refractivity contribution in [3.05, 3.63) is 113 Å². The fraction of sp³-hybridized carbons (Fsp3) is 0.477. The molecule has 25 nitrogen and oxygen atoms in total. The molecule has 0 aromatic heterocycles. The van der Waals surface area contributed by atoms with Gasteiger partial charge in [0.2, 0.25) is 23.6 Å². The quantitative estimate of drug-likeness (QED) is 0.0391. The zero-order valence-corrected chi connectivity index (χ0v) is 52.4. The van der Waals surface area contributed by atoms with E-state index in [0.717, 1.165) is 16.0 Å². The molecule has 4 unspecified atom stereocenters. The van der Waals surface area contributed by atoms with Gasteiger partial charge in [-0.1, -0.05) is 57.2 Å². The average Bonchev–Trinajstić information content (AvgIpc) is 1.62. The van der Waals surface area contributed by atoms with Crippen LogP contribution < -0.4 is 45.1 Å². The maximum Gasteiger partial charge on any atom is 0.416 e. The minimum Gasteiger partial charge on any atom is -0.493 e. The Hall–Kier alpha value is -8.62. The number of anilines is 2. The molecule has 0 aliphatic carbocycles. The Bertz CT molecular complexity index is 3160. The summed E-state index contributed by atoms with van der Waals surface area (Å²) in [5.41, 5.74) is 3.59. The zero-order chi connectivity index (χ0) is 64.7. The van der Waals surface area contributed by atoms with Crippen LogP contribution in [0.2, 0.25) is 0 Å². The lowest BCUT2D eigenvalue weighted by atomic mass is 10.0. The molecule has 25 heteroatoms. The number of amides is 7. The van der Waals surface area contributed by atoms with Crippen LogP contribution in [0.4, 0.5) is 21.9 Å². The summed E-state index contributed by atoms with van der Waals surface area (Å²) in [6.07, 6.45) is 11.9. The first-order chi connectivity index (χ1) is 43.5. The van der Waals surface area contributed by atoms with Crippen LogP contribution in [-0.2, 0) is 49.5 Å². The summed E-state index contributed by atoms with van der Waals surface area (Å²) in [6.45, 7) is 13.6. The number of aliphatic hydroxyl groups excluding tert-OH is 1. The smallest absolute Gasteiger partial charge is 0.416 e. The highest BCUT2D eigenvalue weighted by Crippen LogP contribution is 2.43. The Morgan fingerprint density at radius 3 is 1.90 bits per heavy atom. The molecule has 7 amide bonds. The largest absolute Gasteiger partial charge is 0.493 e. The molecule has 0 saturated carbocycles. The van der Waals surface area contributed by atoms with E-state index < -0.39 is 54.1 Å². The number of hydrogen-bond donors (Lipinski definition) is 5. The highest BCUT2D eigenvalue weighted by Gasteiger charge is 2.45. The van der Waals surface area contributed by atoms with Gasteiger partial charge in [0.15, 0.2) is 29.2 Å². The molecular weight excluding hydrogens is 1160 g/mol. The molecule has 0 radical (unpaired) electrons. The molecule has 4 heterocycles. The number of nitrogens with one attached hydrogen (secondary N) is 4. The maximum atomic E-state index is 14.4. The third-order valence-electron chi connectivity index (χ3n) is 14.8. The van der Waals surface area contributed by atoms with Crippen molar-refractivity contribution in [3.8, 4) is 23.0 Å². The lowest BCUT2D eigenvalue weighted by molar-refractivity contribution is -0.132. The second-order valence-electron chi connectivity index (χ2n) is 21.7. The summed E-state index contributed by atoms with van der Waals surface area (Å²) in [7, 11) is 2.91. The van der Waals surface area contributed by atoms with Crippen molar-refractivity contribution < 1.29 is 81.3 Å². The van der Waals surface area contributed by atoms with Crippen LogP contribution in [0.3, 0.4) is 0 Å². The number of rotatable bonds is 34. The van der Waals surface area contributed by atoms with Crippen molar-refractivity contribution in [1.82, 2.24) is 25.8 Å². The predicted molar refractivity (Wildman–Crippen MR) is 334 cm³/mol. The van der Waals surface area contributed by atoms with Gasteiger partial charge >= 0.3 is 6.09 Å². The molecule has 5 atom stereocenters. The van der Waals surface area contributed by atoms with E-state index in [4.69, 9.17) is 42.6 Å². The van der Waals surface area contributed by atoms with Crippen LogP contribution in [0, 0.1) is 5.92 Å². The molecule has 0 fully saturated rings. The van der Waals surface area contributed by atoms with Gasteiger partial charge in [0.05, 0.1) is 115 Å². The van der Waals surface area contributed by atoms with Gasteiger partial charge in [0.25, 0.3) is 11.8 Å². The first-order valence-electron chi connectivity index (χ1n) is 30.3. The summed E-state index contributed by atoms with van der Waals surface area (Å²) < 4.78 is 51.4. The van der Waals surface area contributed by atoms with Crippen molar-refractivity contribution in [2.75, 3.05) is 97.0 Å². The highest BCUT2D eigenvalue weighted by atomic mass is 16.6. The number of carbonyl (C=O) groups excluding carboxylic acids is 7. The summed E-state index contributed by atoms with van der Waals surface area (Å²) >= 11 is 0. The predicted octanol–water partition coefficient (Wildman–Crippen LogP) is 6.66. The van der Waals surface area contributed by atoms with E-state index >= 15 is 0 Å². The van der Waals surface area contributed by atoms with Crippen molar-refractivity contribution >= 4 is 64.8 Å². The molecule has 0 bridgehead atoms. The van der Waals surface area contributed by atoms with Crippen LogP contribution >= 0.6 is 0 Å². The van der Waals surface area contributed by atoms with Gasteiger partial charge in [-0.2, -0.15) is 0 Å². The van der Waals surface area contributed by atoms with E-state index in [9.17, 15) is 38.7 Å². The number of aliphatic hydroxyl groups is 1. The van der Waals surface area contributed by atoms with Gasteiger partial charge in [-0.05, 0) is 80.5 Å². The second kappa shape index (κ2) is 34.4. The number of benzene rings is 3. The van der Waals surface area contributed by atoms with E-state index in [-0.39, 0.29) is 92.4 Å². The van der Waals surface area contributed by atoms with Gasteiger partial charge in [-0.15, -0.1) is 0 Å². The number of ether oxygens (including phenoxy) is 9. The van der Waals surface area contributed by atoms with E-state index in [0.29, 0.717) is 99.4 Å². The van der Waals surface area contributed by atoms with Gasteiger partial charge in [-0.3, -0.25) is 33.8 Å². The Kier molecular flexibility index (Phi) is 26.3. The first kappa shape index (κ1) is 68.9. The van der Waals surface area contributed by atoms with E-state index in [1.807, 2.05) is 44.4 Å². The average molecular weight is 1250 g/mol. The zero-order valence-electron chi connectivity index (χ0n) is 52.4. The Balaban J connectivity index is 0.888. The molecule has 486 valence electrons. The Morgan fingerprint density at radius 2 is 1.28 bits per heavy atom. The third-order valence-corrected chi connectivity index (χ3v) is 14.8. The number of hydrogen-bond acceptors (Lipinski definition) is 18. The van der Waals surface area contributed by atoms with Crippen LogP contribution in [0.25, 0.3) is 0 Å². The SMILES string of the molecule is C/C=C/C1=CN2C(=O)c3cc(OC)c(OCCCOc4cc5c(cc4OC)C(=O)N4C=C(/C=C/C)CC4C(O)N5C(=O)OCc4ccc(NC(=O)C(C)NC(=O)[C@@H](NC(=O)CCOCCOCCOCCOCCNC(=O)CC)C(C)C)cc4)cc3N=CC2C1. The molecule has 3 aromatic rings. The van der Waals surface area contributed by atoms with Gasteiger partial charge < -0.3 is 78.8 Å². The molecule has 4 aliphatic rings. The molecule has 90 heavy (non-hydrogen) atoms. The third kappa shape index (κ3) is 18.7. The molecule has 3 aromatic carbocycles. The summed E-state index contributed by atoms with van der Waals surface area (Å²) in [4.78, 5) is 102. The number of allylic oxidation sites excluding steroid dienone is 4. The van der Waals surface area contributed by atoms with Crippen molar-refractivity contribution in [3.63, 3.8) is 0 Å². The molecule has 0 saturated heterocycles. The van der Waals surface area contributed by atoms with Gasteiger partial charge in [0.1, 0.15) is 18.7 Å². The minimum absolute atomic E-state index is 0.00228. The number of methoxy groups -OCH3 is 2. The van der Waals surface area contributed by atoms with Crippen molar-refractivity contribution in [2.45, 2.75) is 111 Å². The summed E-state index contributed by atoms with van der Waals surface area (Å²) in [6, 6.07) is 9.66. The maximum absolute atomic E-state index is 14.4. The monoisotopic (exact) mass is 1250 g/mol.